The molecule has 33 heavy (non-hydrogen) atoms. The van der Waals surface area contributed by atoms with Crippen molar-refractivity contribution in [3.63, 3.8) is 0 Å². The molecule has 1 aromatic heterocycles. The molecule has 9 heteroatoms. The zero-order chi connectivity index (χ0) is 24.1. The van der Waals surface area contributed by atoms with Gasteiger partial charge in [-0.05, 0) is 53.3 Å². The van der Waals surface area contributed by atoms with E-state index in [9.17, 15) is 4.79 Å². The summed E-state index contributed by atoms with van der Waals surface area (Å²) in [7, 11) is 0. The van der Waals surface area contributed by atoms with Crippen molar-refractivity contribution in [2.24, 2.45) is 5.41 Å². The quantitative estimate of drug-likeness (QED) is 0.482. The van der Waals surface area contributed by atoms with Crippen LogP contribution in [0.3, 0.4) is 0 Å². The smallest absolute Gasteiger partial charge is 0.319 e. The highest BCUT2D eigenvalue weighted by Crippen LogP contribution is 2.40. The minimum atomic E-state index is -0.482. The fraction of sp³-hybridized carbons (Fsp3) is 0.583. The first kappa shape index (κ1) is 25.7. The van der Waals surface area contributed by atoms with Gasteiger partial charge in [-0.2, -0.15) is 0 Å². The number of nitrogens with zero attached hydrogens (tertiary/aromatic N) is 4. The highest BCUT2D eigenvalue weighted by molar-refractivity contribution is 6.35. The van der Waals surface area contributed by atoms with E-state index in [0.29, 0.717) is 16.7 Å². The summed E-state index contributed by atoms with van der Waals surface area (Å²) < 4.78 is 7.03. The Kier molecular flexibility index (Phi) is 8.54. The van der Waals surface area contributed by atoms with Crippen molar-refractivity contribution in [2.75, 3.05) is 13.2 Å². The summed E-state index contributed by atoms with van der Waals surface area (Å²) in [6, 6.07) is 5.30. The van der Waals surface area contributed by atoms with Crippen molar-refractivity contribution < 1.29 is 9.53 Å². The molecule has 1 N–H and O–H groups in total. The van der Waals surface area contributed by atoms with Crippen LogP contribution in [0, 0.1) is 5.41 Å². The number of allylic oxidation sites excluding steroid dienone is 1. The maximum Gasteiger partial charge on any atom is 0.319 e. The first-order chi connectivity index (χ1) is 15.7. The molecule has 0 unspecified atom stereocenters. The first-order valence-corrected chi connectivity index (χ1v) is 12.2. The third kappa shape index (κ3) is 6.34. The van der Waals surface area contributed by atoms with Gasteiger partial charge in [-0.1, -0.05) is 81.5 Å². The molecular formula is C24H33Cl2N5O2. The Morgan fingerprint density at radius 2 is 2.00 bits per heavy atom. The highest BCUT2D eigenvalue weighted by Gasteiger charge is 2.41. The maximum absolute atomic E-state index is 12.1. The van der Waals surface area contributed by atoms with Crippen molar-refractivity contribution in [3.8, 4) is 0 Å². The fourth-order valence-corrected chi connectivity index (χ4v) is 4.82. The van der Waals surface area contributed by atoms with Crippen LogP contribution in [0.5, 0.6) is 0 Å². The topological polar surface area (TPSA) is 81.9 Å². The van der Waals surface area contributed by atoms with Gasteiger partial charge in [0, 0.05) is 10.0 Å². The van der Waals surface area contributed by atoms with Crippen LogP contribution in [0.25, 0.3) is 6.08 Å². The summed E-state index contributed by atoms with van der Waals surface area (Å²) in [6.07, 6.45) is 9.02. The second-order valence-corrected chi connectivity index (χ2v) is 10.4. The molecule has 0 aliphatic heterocycles. The van der Waals surface area contributed by atoms with Gasteiger partial charge in [-0.3, -0.25) is 10.1 Å². The molecule has 0 radical (unpaired) electrons. The lowest BCUT2D eigenvalue weighted by atomic mass is 9.79. The molecule has 0 saturated heterocycles. The van der Waals surface area contributed by atoms with Crippen LogP contribution >= 0.6 is 23.2 Å². The van der Waals surface area contributed by atoms with Crippen LogP contribution in [0.2, 0.25) is 10.0 Å². The molecule has 1 heterocycles. The number of hydrogen-bond acceptors (Lipinski definition) is 6. The number of rotatable bonds is 8. The van der Waals surface area contributed by atoms with E-state index in [1.807, 2.05) is 29.8 Å². The van der Waals surface area contributed by atoms with Crippen molar-refractivity contribution in [1.29, 1.82) is 0 Å². The largest absolute Gasteiger partial charge is 0.465 e. The SMILES string of the molecule is CCOC(=O)CNC1(c2nnnn2[C@H](/C=C/c2ccc(Cl)cc2Cl)C(C)(C)C)CCCCC1. The number of ether oxygens (including phenoxy) is 1. The average molecular weight is 494 g/mol. The normalized spacial score (nSPS) is 17.3. The molecule has 1 saturated carbocycles. The van der Waals surface area contributed by atoms with E-state index >= 15 is 0 Å². The third-order valence-corrected chi connectivity index (χ3v) is 6.64. The number of carbonyl (C=O) groups is 1. The van der Waals surface area contributed by atoms with E-state index < -0.39 is 5.54 Å². The molecule has 1 aromatic carbocycles. The van der Waals surface area contributed by atoms with Gasteiger partial charge in [0.05, 0.1) is 24.7 Å². The summed E-state index contributed by atoms with van der Waals surface area (Å²) in [6.45, 7) is 8.73. The number of carbonyl (C=O) groups excluding carboxylic acids is 1. The van der Waals surface area contributed by atoms with Gasteiger partial charge >= 0.3 is 5.97 Å². The summed E-state index contributed by atoms with van der Waals surface area (Å²) in [5, 5.41) is 17.6. The summed E-state index contributed by atoms with van der Waals surface area (Å²) in [4.78, 5) is 12.1. The van der Waals surface area contributed by atoms with E-state index in [4.69, 9.17) is 27.9 Å². The Bertz CT molecular complexity index is 977. The number of halogens is 2. The number of benzene rings is 1. The molecule has 0 spiro atoms. The summed E-state index contributed by atoms with van der Waals surface area (Å²) in [5.41, 5.74) is 0.207. The van der Waals surface area contributed by atoms with E-state index in [-0.39, 0.29) is 24.0 Å². The molecule has 2 aromatic rings. The number of nitrogens with one attached hydrogen (secondary N) is 1. The van der Waals surface area contributed by atoms with Crippen molar-refractivity contribution in [1.82, 2.24) is 25.5 Å². The van der Waals surface area contributed by atoms with Crippen molar-refractivity contribution >= 4 is 35.2 Å². The number of tetrazole rings is 1. The van der Waals surface area contributed by atoms with Crippen molar-refractivity contribution in [2.45, 2.75) is 71.4 Å². The lowest BCUT2D eigenvalue weighted by Crippen LogP contribution is -2.49. The Hall–Kier alpha value is -1.96. The molecule has 1 fully saturated rings. The zero-order valence-electron chi connectivity index (χ0n) is 19.8. The number of aromatic nitrogens is 4. The van der Waals surface area contributed by atoms with Gasteiger partial charge in [0.15, 0.2) is 5.82 Å². The predicted octanol–water partition coefficient (Wildman–Crippen LogP) is 5.59. The van der Waals surface area contributed by atoms with E-state index in [0.717, 1.165) is 43.5 Å². The molecule has 1 aliphatic carbocycles. The second-order valence-electron chi connectivity index (χ2n) is 9.58. The fourth-order valence-electron chi connectivity index (χ4n) is 4.35. The molecule has 1 atom stereocenters. The summed E-state index contributed by atoms with van der Waals surface area (Å²) in [5.74, 6) is 0.476. The van der Waals surface area contributed by atoms with Crippen LogP contribution < -0.4 is 5.32 Å². The van der Waals surface area contributed by atoms with Gasteiger partial charge in [-0.25, -0.2) is 4.68 Å². The lowest BCUT2D eigenvalue weighted by molar-refractivity contribution is -0.142. The van der Waals surface area contributed by atoms with Crippen molar-refractivity contribution in [3.05, 3.63) is 45.7 Å². The molecule has 0 amide bonds. The summed E-state index contributed by atoms with van der Waals surface area (Å²) >= 11 is 12.4. The third-order valence-electron chi connectivity index (χ3n) is 6.08. The second kappa shape index (κ2) is 11.0. The Morgan fingerprint density at radius 1 is 1.27 bits per heavy atom. The van der Waals surface area contributed by atoms with E-state index in [1.54, 1.807) is 6.07 Å². The van der Waals surface area contributed by atoms with Gasteiger partial charge in [-0.15, -0.1) is 5.10 Å². The molecule has 0 bridgehead atoms. The van der Waals surface area contributed by atoms with E-state index in [2.05, 4.69) is 47.7 Å². The van der Waals surface area contributed by atoms with Gasteiger partial charge in [0.2, 0.25) is 0 Å². The number of esters is 1. The first-order valence-electron chi connectivity index (χ1n) is 11.5. The highest BCUT2D eigenvalue weighted by atomic mass is 35.5. The van der Waals surface area contributed by atoms with Crippen LogP contribution in [0.1, 0.15) is 77.2 Å². The average Bonchev–Trinajstić information content (AvgIpc) is 3.24. The number of hydrogen-bond donors (Lipinski definition) is 1. The van der Waals surface area contributed by atoms with Gasteiger partial charge < -0.3 is 4.74 Å². The molecule has 3 rings (SSSR count). The minimum absolute atomic E-state index is 0.122. The maximum atomic E-state index is 12.1. The van der Waals surface area contributed by atoms with Crippen LogP contribution in [0.4, 0.5) is 0 Å². The Morgan fingerprint density at radius 3 is 2.64 bits per heavy atom. The molecule has 7 nitrogen and oxygen atoms in total. The monoisotopic (exact) mass is 493 g/mol. The van der Waals surface area contributed by atoms with Gasteiger partial charge in [0.25, 0.3) is 0 Å². The molecule has 180 valence electrons. The van der Waals surface area contributed by atoms with Crippen LogP contribution in [-0.4, -0.2) is 39.3 Å². The molecule has 1 aliphatic rings. The lowest BCUT2D eigenvalue weighted by Gasteiger charge is -2.39. The Balaban J connectivity index is 1.97. The van der Waals surface area contributed by atoms with Gasteiger partial charge in [0.1, 0.15) is 0 Å². The Labute approximate surface area is 205 Å². The predicted molar refractivity (Wildman–Crippen MR) is 131 cm³/mol. The van der Waals surface area contributed by atoms with Crippen LogP contribution in [0.15, 0.2) is 24.3 Å². The zero-order valence-corrected chi connectivity index (χ0v) is 21.3. The van der Waals surface area contributed by atoms with E-state index in [1.165, 1.54) is 0 Å². The molecular weight excluding hydrogens is 461 g/mol. The van der Waals surface area contributed by atoms with Crippen LogP contribution in [-0.2, 0) is 15.1 Å². The standard InChI is InChI=1S/C24H33Cl2N5O2/c1-5-33-21(32)16-27-24(13-7-6-8-14-24)22-28-29-30-31(22)20(23(2,3)4)12-10-17-9-11-18(25)15-19(17)26/h9-12,15,20,27H,5-8,13-14,16H2,1-4H3/b12-10+/t20-/m1/s1. The minimum Gasteiger partial charge on any atom is -0.465 e.